The topological polar surface area (TPSA) is 86.7 Å². The highest BCUT2D eigenvalue weighted by Gasteiger charge is 2.39. The highest BCUT2D eigenvalue weighted by molar-refractivity contribution is 5.89. The Labute approximate surface area is 118 Å². The van der Waals surface area contributed by atoms with Crippen LogP contribution in [-0.2, 0) is 14.4 Å². The molecule has 1 heterocycles. The molecular weight excluding hydrogens is 260 g/mol. The maximum atomic E-state index is 12.6. The molecule has 0 bridgehead atoms. The third-order valence-electron chi connectivity index (χ3n) is 4.47. The lowest BCUT2D eigenvalue weighted by atomic mass is 9.97. The second kappa shape index (κ2) is 6.24. The van der Waals surface area contributed by atoms with Crippen molar-refractivity contribution in [2.45, 2.75) is 44.6 Å². The molecular formula is C14H22N2O4. The first kappa shape index (κ1) is 14.8. The van der Waals surface area contributed by atoms with E-state index in [-0.39, 0.29) is 23.8 Å². The normalized spacial score (nSPS) is 30.1. The van der Waals surface area contributed by atoms with Crippen molar-refractivity contribution in [2.24, 2.45) is 11.8 Å². The number of carbonyl (C=O) groups is 3. The van der Waals surface area contributed by atoms with Crippen LogP contribution in [-0.4, -0.2) is 47.4 Å². The standard InChI is InChI=1S/C14H22N2O4/c1-15-12(17)11-4-2-3-7-16(11)13(18)9-5-6-10(8-9)14(19)20/h9-11H,2-8H2,1H3,(H,15,17)(H,19,20)/t9-,10+,11?/m1/s1. The second-order valence-electron chi connectivity index (χ2n) is 5.70. The molecule has 20 heavy (non-hydrogen) atoms. The van der Waals surface area contributed by atoms with Gasteiger partial charge in [0, 0.05) is 19.5 Å². The number of hydrogen-bond acceptors (Lipinski definition) is 3. The van der Waals surface area contributed by atoms with E-state index in [2.05, 4.69) is 5.32 Å². The SMILES string of the molecule is CNC(=O)C1CCCCN1C(=O)[C@@H]1CC[C@H](C(=O)O)C1. The summed E-state index contributed by atoms with van der Waals surface area (Å²) in [6.45, 7) is 0.602. The average molecular weight is 282 g/mol. The van der Waals surface area contributed by atoms with E-state index in [1.807, 2.05) is 0 Å². The summed E-state index contributed by atoms with van der Waals surface area (Å²) in [4.78, 5) is 37.1. The number of aliphatic carboxylic acids is 1. The van der Waals surface area contributed by atoms with E-state index in [1.165, 1.54) is 0 Å². The molecule has 2 amide bonds. The van der Waals surface area contributed by atoms with Gasteiger partial charge >= 0.3 is 5.97 Å². The van der Waals surface area contributed by atoms with Gasteiger partial charge in [0.05, 0.1) is 5.92 Å². The van der Waals surface area contributed by atoms with Crippen molar-refractivity contribution in [3.05, 3.63) is 0 Å². The zero-order valence-electron chi connectivity index (χ0n) is 11.8. The molecule has 1 unspecified atom stereocenters. The Morgan fingerprint density at radius 2 is 1.80 bits per heavy atom. The predicted molar refractivity (Wildman–Crippen MR) is 71.9 cm³/mol. The van der Waals surface area contributed by atoms with Gasteiger partial charge in [0.1, 0.15) is 6.04 Å². The summed E-state index contributed by atoms with van der Waals surface area (Å²) < 4.78 is 0. The van der Waals surface area contributed by atoms with Crippen LogP contribution in [0.2, 0.25) is 0 Å². The van der Waals surface area contributed by atoms with Gasteiger partial charge in [-0.3, -0.25) is 14.4 Å². The van der Waals surface area contributed by atoms with Crippen LogP contribution in [0.3, 0.4) is 0 Å². The third-order valence-corrected chi connectivity index (χ3v) is 4.47. The summed E-state index contributed by atoms with van der Waals surface area (Å²) in [5, 5.41) is 11.6. The summed E-state index contributed by atoms with van der Waals surface area (Å²) in [7, 11) is 1.58. The Kier molecular flexibility index (Phi) is 4.62. The predicted octanol–water partition coefficient (Wildman–Crippen LogP) is 0.614. The zero-order chi connectivity index (χ0) is 14.7. The highest BCUT2D eigenvalue weighted by Crippen LogP contribution is 2.33. The Hall–Kier alpha value is -1.59. The number of likely N-dealkylation sites (tertiary alicyclic amines) is 1. The minimum absolute atomic E-state index is 0.0398. The largest absolute Gasteiger partial charge is 0.481 e. The van der Waals surface area contributed by atoms with Crippen molar-refractivity contribution < 1.29 is 19.5 Å². The highest BCUT2D eigenvalue weighted by atomic mass is 16.4. The number of nitrogens with one attached hydrogen (secondary N) is 1. The van der Waals surface area contributed by atoms with E-state index in [0.717, 1.165) is 12.8 Å². The Bertz CT molecular complexity index is 410. The number of rotatable bonds is 3. The lowest BCUT2D eigenvalue weighted by Crippen LogP contribution is -2.52. The second-order valence-corrected chi connectivity index (χ2v) is 5.70. The lowest BCUT2D eigenvalue weighted by molar-refractivity contribution is -0.146. The number of carboxylic acid groups (broad SMARTS) is 1. The van der Waals surface area contributed by atoms with Crippen LogP contribution in [0.4, 0.5) is 0 Å². The molecule has 1 aliphatic heterocycles. The lowest BCUT2D eigenvalue weighted by Gasteiger charge is -2.36. The summed E-state index contributed by atoms with van der Waals surface area (Å²) in [6, 6.07) is -0.384. The number of amides is 2. The molecule has 2 rings (SSSR count). The van der Waals surface area contributed by atoms with Gasteiger partial charge in [0.15, 0.2) is 0 Å². The monoisotopic (exact) mass is 282 g/mol. The van der Waals surface area contributed by atoms with E-state index in [9.17, 15) is 14.4 Å². The molecule has 1 saturated heterocycles. The summed E-state index contributed by atoms with van der Waals surface area (Å²) in [6.07, 6.45) is 4.14. The molecule has 6 nitrogen and oxygen atoms in total. The molecule has 3 atom stereocenters. The van der Waals surface area contributed by atoms with Gasteiger partial charge in [0.25, 0.3) is 0 Å². The smallest absolute Gasteiger partial charge is 0.306 e. The molecule has 0 radical (unpaired) electrons. The van der Waals surface area contributed by atoms with Gasteiger partial charge < -0.3 is 15.3 Å². The minimum atomic E-state index is -0.818. The van der Waals surface area contributed by atoms with Crippen LogP contribution in [0.25, 0.3) is 0 Å². The molecule has 2 N–H and O–H groups in total. The van der Waals surface area contributed by atoms with Gasteiger partial charge in [-0.15, -0.1) is 0 Å². The van der Waals surface area contributed by atoms with Gasteiger partial charge in [0.2, 0.25) is 11.8 Å². The average Bonchev–Trinajstić information content (AvgIpc) is 2.95. The maximum Gasteiger partial charge on any atom is 0.306 e. The molecule has 2 aliphatic rings. The van der Waals surface area contributed by atoms with Crippen LogP contribution in [0.5, 0.6) is 0 Å². The number of carbonyl (C=O) groups excluding carboxylic acids is 2. The van der Waals surface area contributed by atoms with Crippen molar-refractivity contribution >= 4 is 17.8 Å². The quantitative estimate of drug-likeness (QED) is 0.794. The first-order valence-corrected chi connectivity index (χ1v) is 7.29. The van der Waals surface area contributed by atoms with Gasteiger partial charge in [-0.25, -0.2) is 0 Å². The van der Waals surface area contributed by atoms with Crippen molar-refractivity contribution in [2.75, 3.05) is 13.6 Å². The molecule has 0 aromatic heterocycles. The fourth-order valence-corrected chi connectivity index (χ4v) is 3.30. The van der Waals surface area contributed by atoms with Gasteiger partial charge in [-0.2, -0.15) is 0 Å². The Balaban J connectivity index is 2.03. The van der Waals surface area contributed by atoms with E-state index in [1.54, 1.807) is 11.9 Å². The Morgan fingerprint density at radius 3 is 2.40 bits per heavy atom. The van der Waals surface area contributed by atoms with Crippen molar-refractivity contribution in [3.63, 3.8) is 0 Å². The van der Waals surface area contributed by atoms with Crippen LogP contribution in [0, 0.1) is 11.8 Å². The molecule has 0 spiro atoms. The van der Waals surface area contributed by atoms with Crippen molar-refractivity contribution in [3.8, 4) is 0 Å². The number of piperidine rings is 1. The minimum Gasteiger partial charge on any atom is -0.481 e. The first-order valence-electron chi connectivity index (χ1n) is 7.29. The fourth-order valence-electron chi connectivity index (χ4n) is 3.30. The first-order chi connectivity index (χ1) is 9.54. The molecule has 6 heteroatoms. The van der Waals surface area contributed by atoms with Gasteiger partial charge in [-0.1, -0.05) is 0 Å². The number of nitrogens with zero attached hydrogens (tertiary/aromatic N) is 1. The zero-order valence-corrected chi connectivity index (χ0v) is 11.8. The Morgan fingerprint density at radius 1 is 1.10 bits per heavy atom. The molecule has 2 fully saturated rings. The number of carboxylic acids is 1. The summed E-state index contributed by atoms with van der Waals surface area (Å²) >= 11 is 0. The van der Waals surface area contributed by atoms with Crippen molar-refractivity contribution in [1.29, 1.82) is 0 Å². The van der Waals surface area contributed by atoms with Crippen LogP contribution in [0.1, 0.15) is 38.5 Å². The van der Waals surface area contributed by atoms with E-state index in [4.69, 9.17) is 5.11 Å². The molecule has 0 aromatic carbocycles. The number of hydrogen-bond donors (Lipinski definition) is 2. The van der Waals surface area contributed by atoms with E-state index >= 15 is 0 Å². The van der Waals surface area contributed by atoms with Crippen LogP contribution in [0.15, 0.2) is 0 Å². The third kappa shape index (κ3) is 2.94. The summed E-state index contributed by atoms with van der Waals surface area (Å²) in [5.74, 6) is -1.62. The molecule has 1 saturated carbocycles. The van der Waals surface area contributed by atoms with Crippen LogP contribution >= 0.6 is 0 Å². The van der Waals surface area contributed by atoms with Crippen LogP contribution < -0.4 is 5.32 Å². The van der Waals surface area contributed by atoms with Crippen molar-refractivity contribution in [1.82, 2.24) is 10.2 Å². The number of likely N-dealkylation sites (N-methyl/N-ethyl adjacent to an activating group) is 1. The maximum absolute atomic E-state index is 12.6. The molecule has 1 aliphatic carbocycles. The van der Waals surface area contributed by atoms with E-state index < -0.39 is 11.9 Å². The molecule has 0 aromatic rings. The molecule has 112 valence electrons. The summed E-state index contributed by atoms with van der Waals surface area (Å²) in [5.41, 5.74) is 0. The fraction of sp³-hybridized carbons (Fsp3) is 0.786. The van der Waals surface area contributed by atoms with E-state index in [0.29, 0.717) is 32.2 Å². The van der Waals surface area contributed by atoms with Gasteiger partial charge in [-0.05, 0) is 38.5 Å².